The molecule has 0 radical (unpaired) electrons. The van der Waals surface area contributed by atoms with Crippen LogP contribution in [0.5, 0.6) is 0 Å². The highest BCUT2D eigenvalue weighted by Crippen LogP contribution is 2.37. The maximum atomic E-state index is 15.7. The molecular weight excluding hydrogens is 561 g/mol. The summed E-state index contributed by atoms with van der Waals surface area (Å²) in [7, 11) is 0. The summed E-state index contributed by atoms with van der Waals surface area (Å²) in [6, 6.07) is 0.479. The van der Waals surface area contributed by atoms with Gasteiger partial charge in [-0.2, -0.15) is 0 Å². The number of alkyl halides is 1. The number of likely N-dealkylation sites (tertiary alicyclic amines) is 2. The molecule has 6 fully saturated rings. The van der Waals surface area contributed by atoms with Crippen LogP contribution >= 0.6 is 0 Å². The van der Waals surface area contributed by atoms with Crippen LogP contribution < -0.4 is 38.1 Å². The van der Waals surface area contributed by atoms with Gasteiger partial charge in [-0.3, -0.25) is 20.2 Å². The Hall–Kier alpha value is -1.41. The number of amides is 2. The number of hydrogen-bond donors (Lipinski definition) is 7. The van der Waals surface area contributed by atoms with E-state index < -0.39 is 23.9 Å². The molecule has 5 aliphatic heterocycles. The van der Waals surface area contributed by atoms with Crippen molar-refractivity contribution in [3.63, 3.8) is 0 Å². The molecule has 5 heterocycles. The van der Waals surface area contributed by atoms with Gasteiger partial charge in [0.15, 0.2) is 0 Å². The number of carbonyl (C=O) groups is 2. The number of nitrogens with zero attached hydrogens (tertiary/aromatic N) is 2. The summed E-state index contributed by atoms with van der Waals surface area (Å²) in [5.41, 5.74) is 11.0. The Kier molecular flexibility index (Phi) is 10.8. The summed E-state index contributed by atoms with van der Waals surface area (Å²) in [6.07, 6.45) is 10.2. The first-order valence-corrected chi connectivity index (χ1v) is 17.8. The highest BCUT2D eigenvalue weighted by molar-refractivity contribution is 5.82. The molecule has 5 atom stereocenters. The van der Waals surface area contributed by atoms with Crippen molar-refractivity contribution in [3.05, 3.63) is 0 Å². The summed E-state index contributed by atoms with van der Waals surface area (Å²) in [5, 5.41) is 16.8. The molecule has 44 heavy (non-hydrogen) atoms. The van der Waals surface area contributed by atoms with Gasteiger partial charge >= 0.3 is 0 Å². The minimum Gasteiger partial charge on any atom is -0.351 e. The number of nitrogens with one attached hydrogen (secondary N) is 5. The first-order valence-electron chi connectivity index (χ1n) is 17.8. The van der Waals surface area contributed by atoms with Crippen LogP contribution in [0.3, 0.4) is 0 Å². The topological polar surface area (TPSA) is 153 Å². The molecule has 9 N–H and O–H groups in total. The van der Waals surface area contributed by atoms with Crippen LogP contribution in [0.4, 0.5) is 4.39 Å². The third-order valence-electron chi connectivity index (χ3n) is 12.0. The molecular formula is C32H58FN9O2. The molecule has 1 saturated carbocycles. The van der Waals surface area contributed by atoms with E-state index in [4.69, 9.17) is 11.5 Å². The van der Waals surface area contributed by atoms with E-state index in [2.05, 4.69) is 36.4 Å². The average molecular weight is 620 g/mol. The molecule has 0 aromatic rings. The quantitative estimate of drug-likeness (QED) is 0.183. The molecule has 0 aromatic heterocycles. The summed E-state index contributed by atoms with van der Waals surface area (Å²) >= 11 is 0. The van der Waals surface area contributed by atoms with Gasteiger partial charge in [0.2, 0.25) is 11.8 Å². The molecule has 0 spiro atoms. The van der Waals surface area contributed by atoms with Crippen molar-refractivity contribution >= 4 is 11.8 Å². The lowest BCUT2D eigenvalue weighted by Gasteiger charge is -2.44. The second-order valence-electron chi connectivity index (χ2n) is 14.7. The standard InChI is InChI=1S/C32H58FN9O2/c33-32(22-5-1-2-6-22)19-38-29(39-20-32)27(28(34)35)30(43)40-26-18-36-12-9-24(26)21-7-8-25(37-17-21)31(44)42-15-10-23(11-16-42)41-13-3-4-14-41/h21-29,36-39H,1-20,34-35H2,(H,40,43)/t21?,24?,25-,26?,27?,29?,32?/m1/s1. The van der Waals surface area contributed by atoms with Crippen LogP contribution in [0.2, 0.25) is 0 Å². The summed E-state index contributed by atoms with van der Waals surface area (Å²) in [5.74, 6) is 0.0831. The van der Waals surface area contributed by atoms with E-state index in [0.29, 0.717) is 24.4 Å². The second-order valence-corrected chi connectivity index (χ2v) is 14.7. The SMILES string of the molecule is NC(N)C(C(=O)NC1CNCCC1C1CC[C@H](C(=O)N2CCC(N3CCCC3)CC2)NC1)C1NCC(F)(C2CCCC2)CN1. The van der Waals surface area contributed by atoms with E-state index in [1.54, 1.807) is 0 Å². The Morgan fingerprint density at radius 1 is 0.841 bits per heavy atom. The maximum Gasteiger partial charge on any atom is 0.239 e. The van der Waals surface area contributed by atoms with Crippen molar-refractivity contribution in [1.29, 1.82) is 0 Å². The second kappa shape index (κ2) is 14.6. The number of carbonyl (C=O) groups excluding carboxylic acids is 2. The summed E-state index contributed by atoms with van der Waals surface area (Å²) in [6.45, 7) is 6.98. The van der Waals surface area contributed by atoms with E-state index in [9.17, 15) is 9.59 Å². The van der Waals surface area contributed by atoms with Crippen LogP contribution in [-0.2, 0) is 9.59 Å². The molecule has 4 unspecified atom stereocenters. The van der Waals surface area contributed by atoms with Gasteiger partial charge < -0.3 is 37.2 Å². The van der Waals surface area contributed by atoms with Crippen molar-refractivity contribution < 1.29 is 14.0 Å². The van der Waals surface area contributed by atoms with Gasteiger partial charge in [-0.25, -0.2) is 4.39 Å². The number of rotatable bonds is 8. The summed E-state index contributed by atoms with van der Waals surface area (Å²) < 4.78 is 15.7. The Labute approximate surface area is 262 Å². The zero-order valence-corrected chi connectivity index (χ0v) is 26.6. The van der Waals surface area contributed by atoms with E-state index in [1.807, 2.05) is 0 Å². The zero-order valence-electron chi connectivity index (χ0n) is 26.6. The van der Waals surface area contributed by atoms with E-state index in [0.717, 1.165) is 84.0 Å². The normalized spacial score (nSPS) is 37.4. The fourth-order valence-electron chi connectivity index (χ4n) is 9.34. The van der Waals surface area contributed by atoms with Crippen LogP contribution in [-0.4, -0.2) is 117 Å². The lowest BCUT2D eigenvalue weighted by atomic mass is 9.76. The molecule has 12 heteroatoms. The van der Waals surface area contributed by atoms with Gasteiger partial charge in [-0.1, -0.05) is 12.8 Å². The number of piperidine rings is 3. The fraction of sp³-hybridized carbons (Fsp3) is 0.938. The predicted molar refractivity (Wildman–Crippen MR) is 169 cm³/mol. The number of hydrogen-bond acceptors (Lipinski definition) is 9. The first kappa shape index (κ1) is 32.5. The molecule has 250 valence electrons. The van der Waals surface area contributed by atoms with Gasteiger partial charge in [0.25, 0.3) is 0 Å². The monoisotopic (exact) mass is 619 g/mol. The Morgan fingerprint density at radius 2 is 1.55 bits per heavy atom. The predicted octanol–water partition coefficient (Wildman–Crippen LogP) is -0.187. The van der Waals surface area contributed by atoms with E-state index in [-0.39, 0.29) is 42.9 Å². The minimum atomic E-state index is -1.30. The summed E-state index contributed by atoms with van der Waals surface area (Å²) in [4.78, 5) is 31.8. The molecule has 2 amide bonds. The highest BCUT2D eigenvalue weighted by Gasteiger charge is 2.47. The van der Waals surface area contributed by atoms with Gasteiger partial charge in [0, 0.05) is 44.8 Å². The molecule has 0 bridgehead atoms. The van der Waals surface area contributed by atoms with Crippen LogP contribution in [0.15, 0.2) is 0 Å². The molecule has 6 rings (SSSR count). The van der Waals surface area contributed by atoms with Crippen LogP contribution in [0, 0.1) is 23.7 Å². The Bertz CT molecular complexity index is 951. The Morgan fingerprint density at radius 3 is 2.18 bits per heavy atom. The van der Waals surface area contributed by atoms with E-state index in [1.165, 1.54) is 25.9 Å². The smallest absolute Gasteiger partial charge is 0.239 e. The van der Waals surface area contributed by atoms with Gasteiger partial charge in [0.05, 0.1) is 24.3 Å². The van der Waals surface area contributed by atoms with Crippen LogP contribution in [0.1, 0.15) is 70.6 Å². The highest BCUT2D eigenvalue weighted by atomic mass is 19.1. The van der Waals surface area contributed by atoms with Crippen molar-refractivity contribution in [2.24, 2.45) is 35.1 Å². The third-order valence-corrected chi connectivity index (χ3v) is 12.0. The molecule has 6 aliphatic rings. The zero-order chi connectivity index (χ0) is 30.7. The van der Waals surface area contributed by atoms with Gasteiger partial charge in [-0.15, -0.1) is 0 Å². The van der Waals surface area contributed by atoms with E-state index >= 15 is 4.39 Å². The first-order chi connectivity index (χ1) is 21.3. The van der Waals surface area contributed by atoms with Crippen molar-refractivity contribution in [3.8, 4) is 0 Å². The lowest BCUT2D eigenvalue weighted by Crippen LogP contribution is -2.69. The van der Waals surface area contributed by atoms with Gasteiger partial charge in [0.1, 0.15) is 5.67 Å². The largest absolute Gasteiger partial charge is 0.351 e. The molecule has 1 aliphatic carbocycles. The molecule has 0 aromatic carbocycles. The lowest BCUT2D eigenvalue weighted by molar-refractivity contribution is -0.136. The third kappa shape index (κ3) is 7.26. The van der Waals surface area contributed by atoms with Crippen molar-refractivity contribution in [1.82, 2.24) is 36.4 Å². The van der Waals surface area contributed by atoms with Crippen molar-refractivity contribution in [2.45, 2.75) is 107 Å². The Balaban J connectivity index is 0.987. The average Bonchev–Trinajstić information content (AvgIpc) is 3.78. The number of halogens is 1. The maximum absolute atomic E-state index is 15.7. The number of nitrogens with two attached hydrogens (primary N) is 2. The molecule has 11 nitrogen and oxygen atoms in total. The van der Waals surface area contributed by atoms with Crippen molar-refractivity contribution in [2.75, 3.05) is 58.9 Å². The fourth-order valence-corrected chi connectivity index (χ4v) is 9.34. The molecule has 5 saturated heterocycles. The minimum absolute atomic E-state index is 0.0523. The van der Waals surface area contributed by atoms with Crippen LogP contribution in [0.25, 0.3) is 0 Å². The van der Waals surface area contributed by atoms with Gasteiger partial charge in [-0.05, 0) is 102 Å².